The highest BCUT2D eigenvalue weighted by Crippen LogP contribution is 2.24. The predicted molar refractivity (Wildman–Crippen MR) is 83.3 cm³/mol. The van der Waals surface area contributed by atoms with E-state index in [1.165, 1.54) is 13.2 Å². The minimum Gasteiger partial charge on any atom is -0.495 e. The molecule has 0 saturated heterocycles. The van der Waals surface area contributed by atoms with Crippen LogP contribution >= 0.6 is 0 Å². The van der Waals surface area contributed by atoms with Gasteiger partial charge in [0.05, 0.1) is 19.4 Å². The third-order valence-electron chi connectivity index (χ3n) is 3.32. The zero-order chi connectivity index (χ0) is 16.2. The summed E-state index contributed by atoms with van der Waals surface area (Å²) in [6, 6.07) is 9.92. The molecule has 2 aromatic rings. The zero-order valence-electron chi connectivity index (χ0n) is 12.8. The van der Waals surface area contributed by atoms with Crippen LogP contribution in [-0.2, 0) is 10.0 Å². The first-order chi connectivity index (χ1) is 10.5. The normalized spacial score (nSPS) is 13.3. The first-order valence-electron chi connectivity index (χ1n) is 6.78. The molecule has 1 atom stereocenters. The zero-order valence-corrected chi connectivity index (χ0v) is 13.6. The number of sulfonamides is 1. The van der Waals surface area contributed by atoms with E-state index in [1.807, 2.05) is 25.1 Å². The van der Waals surface area contributed by atoms with Crippen molar-refractivity contribution in [1.82, 2.24) is 9.62 Å². The Kier molecular flexibility index (Phi) is 5.23. The minimum absolute atomic E-state index is 0.120. The Balaban J connectivity index is 2.18. The van der Waals surface area contributed by atoms with Crippen LogP contribution in [-0.4, -0.2) is 41.1 Å². The van der Waals surface area contributed by atoms with Gasteiger partial charge in [0.1, 0.15) is 16.4 Å². The van der Waals surface area contributed by atoms with Crippen molar-refractivity contribution >= 4 is 10.0 Å². The van der Waals surface area contributed by atoms with Crippen LogP contribution in [0.15, 0.2) is 52.0 Å². The molecule has 1 aromatic carbocycles. The number of benzene rings is 1. The topological polar surface area (TPSA) is 71.8 Å². The number of nitrogens with one attached hydrogen (secondary N) is 1. The van der Waals surface area contributed by atoms with E-state index in [1.54, 1.807) is 30.5 Å². The van der Waals surface area contributed by atoms with Gasteiger partial charge in [-0.25, -0.2) is 13.1 Å². The highest BCUT2D eigenvalue weighted by atomic mass is 32.2. The highest BCUT2D eigenvalue weighted by molar-refractivity contribution is 7.89. The number of para-hydroxylation sites is 1. The maximum atomic E-state index is 12.5. The molecule has 22 heavy (non-hydrogen) atoms. The number of hydrogen-bond acceptors (Lipinski definition) is 5. The number of hydrogen-bond donors (Lipinski definition) is 1. The van der Waals surface area contributed by atoms with Gasteiger partial charge in [-0.3, -0.25) is 4.90 Å². The standard InChI is InChI=1S/C15H20N2O4S/c1-17(2)12(13-8-6-10-21-13)11-16-22(18,19)15-9-5-4-7-14(15)20-3/h4-10,12,16H,11H2,1-3H3/t12-/m0/s1. The summed E-state index contributed by atoms with van der Waals surface area (Å²) >= 11 is 0. The minimum atomic E-state index is -3.67. The molecular weight excluding hydrogens is 304 g/mol. The van der Waals surface area contributed by atoms with Crippen molar-refractivity contribution in [3.8, 4) is 5.75 Å². The van der Waals surface area contributed by atoms with E-state index >= 15 is 0 Å². The Morgan fingerprint density at radius 3 is 2.55 bits per heavy atom. The van der Waals surface area contributed by atoms with Gasteiger partial charge < -0.3 is 9.15 Å². The fraction of sp³-hybridized carbons (Fsp3) is 0.333. The van der Waals surface area contributed by atoms with Gasteiger partial charge in [-0.15, -0.1) is 0 Å². The molecule has 7 heteroatoms. The van der Waals surface area contributed by atoms with Crippen molar-refractivity contribution in [2.24, 2.45) is 0 Å². The quantitative estimate of drug-likeness (QED) is 0.842. The van der Waals surface area contributed by atoms with Crippen molar-refractivity contribution in [3.05, 3.63) is 48.4 Å². The van der Waals surface area contributed by atoms with Crippen LogP contribution in [0.3, 0.4) is 0 Å². The van der Waals surface area contributed by atoms with Crippen LogP contribution in [0.2, 0.25) is 0 Å². The lowest BCUT2D eigenvalue weighted by molar-refractivity contribution is 0.259. The van der Waals surface area contributed by atoms with Crippen LogP contribution in [0, 0.1) is 0 Å². The largest absolute Gasteiger partial charge is 0.495 e. The van der Waals surface area contributed by atoms with Gasteiger partial charge in [-0.1, -0.05) is 12.1 Å². The fourth-order valence-electron chi connectivity index (χ4n) is 2.13. The van der Waals surface area contributed by atoms with Crippen molar-refractivity contribution in [3.63, 3.8) is 0 Å². The average Bonchev–Trinajstić information content (AvgIpc) is 3.01. The molecule has 0 unspecified atom stereocenters. The molecule has 120 valence electrons. The second-order valence-corrected chi connectivity index (χ2v) is 6.73. The molecule has 0 spiro atoms. The summed E-state index contributed by atoms with van der Waals surface area (Å²) in [7, 11) is 1.51. The Morgan fingerprint density at radius 1 is 1.23 bits per heavy atom. The number of rotatable bonds is 7. The number of ether oxygens (including phenoxy) is 1. The Labute approximate surface area is 130 Å². The Hall–Kier alpha value is -1.83. The molecule has 0 bridgehead atoms. The van der Waals surface area contributed by atoms with Gasteiger partial charge >= 0.3 is 0 Å². The van der Waals surface area contributed by atoms with Gasteiger partial charge in [-0.05, 0) is 38.4 Å². The van der Waals surface area contributed by atoms with Crippen LogP contribution in [0.25, 0.3) is 0 Å². The lowest BCUT2D eigenvalue weighted by Gasteiger charge is -2.22. The number of likely N-dealkylation sites (N-methyl/N-ethyl adjacent to an activating group) is 1. The molecule has 1 N–H and O–H groups in total. The second kappa shape index (κ2) is 6.95. The average molecular weight is 324 g/mol. The van der Waals surface area contributed by atoms with E-state index in [0.717, 1.165) is 0 Å². The van der Waals surface area contributed by atoms with E-state index < -0.39 is 10.0 Å². The third kappa shape index (κ3) is 3.68. The molecule has 2 rings (SSSR count). The van der Waals surface area contributed by atoms with Crippen LogP contribution in [0.1, 0.15) is 11.8 Å². The maximum Gasteiger partial charge on any atom is 0.244 e. The molecule has 0 aliphatic rings. The summed E-state index contributed by atoms with van der Waals surface area (Å²) in [6.07, 6.45) is 1.57. The summed E-state index contributed by atoms with van der Waals surface area (Å²) in [5.74, 6) is 1.02. The molecular formula is C15H20N2O4S. The molecule has 6 nitrogen and oxygen atoms in total. The van der Waals surface area contributed by atoms with E-state index in [0.29, 0.717) is 11.5 Å². The molecule has 0 amide bonds. The summed E-state index contributed by atoms with van der Waals surface area (Å²) in [5.41, 5.74) is 0. The predicted octanol–water partition coefficient (Wildman–Crippen LogP) is 1.87. The van der Waals surface area contributed by atoms with Crippen LogP contribution < -0.4 is 9.46 Å². The van der Waals surface area contributed by atoms with Crippen LogP contribution in [0.4, 0.5) is 0 Å². The Morgan fingerprint density at radius 2 is 1.95 bits per heavy atom. The molecule has 1 heterocycles. The number of nitrogens with zero attached hydrogens (tertiary/aromatic N) is 1. The van der Waals surface area contributed by atoms with Crippen molar-refractivity contribution < 1.29 is 17.6 Å². The van der Waals surface area contributed by atoms with Gasteiger partial charge in [0.2, 0.25) is 10.0 Å². The van der Waals surface area contributed by atoms with Crippen molar-refractivity contribution in [2.45, 2.75) is 10.9 Å². The van der Waals surface area contributed by atoms with Gasteiger partial charge in [0, 0.05) is 6.54 Å². The van der Waals surface area contributed by atoms with E-state index in [9.17, 15) is 8.42 Å². The van der Waals surface area contributed by atoms with Gasteiger partial charge in [0.25, 0.3) is 0 Å². The summed E-state index contributed by atoms with van der Waals surface area (Å²) < 4.78 is 38.0. The van der Waals surface area contributed by atoms with Gasteiger partial charge in [-0.2, -0.15) is 0 Å². The van der Waals surface area contributed by atoms with Gasteiger partial charge in [0.15, 0.2) is 0 Å². The van der Waals surface area contributed by atoms with E-state index in [2.05, 4.69) is 4.72 Å². The number of furan rings is 1. The molecule has 0 aliphatic heterocycles. The molecule has 0 radical (unpaired) electrons. The fourth-order valence-corrected chi connectivity index (χ4v) is 3.33. The lowest BCUT2D eigenvalue weighted by Crippen LogP contribution is -2.34. The maximum absolute atomic E-state index is 12.5. The van der Waals surface area contributed by atoms with E-state index in [-0.39, 0.29) is 17.5 Å². The SMILES string of the molecule is COc1ccccc1S(=O)(=O)NC[C@@H](c1ccco1)N(C)C. The highest BCUT2D eigenvalue weighted by Gasteiger charge is 2.23. The summed E-state index contributed by atoms with van der Waals surface area (Å²) in [4.78, 5) is 2.01. The summed E-state index contributed by atoms with van der Waals surface area (Å²) in [6.45, 7) is 0.195. The van der Waals surface area contributed by atoms with Crippen LogP contribution in [0.5, 0.6) is 5.75 Å². The smallest absolute Gasteiger partial charge is 0.244 e. The molecule has 0 fully saturated rings. The monoisotopic (exact) mass is 324 g/mol. The third-order valence-corrected chi connectivity index (χ3v) is 4.78. The van der Waals surface area contributed by atoms with Crippen molar-refractivity contribution in [1.29, 1.82) is 0 Å². The Bertz CT molecular complexity index is 696. The molecule has 0 aliphatic carbocycles. The first kappa shape index (κ1) is 16.5. The molecule has 0 saturated carbocycles. The molecule has 1 aromatic heterocycles. The lowest BCUT2D eigenvalue weighted by atomic mass is 10.2. The van der Waals surface area contributed by atoms with Crippen molar-refractivity contribution in [2.75, 3.05) is 27.7 Å². The van der Waals surface area contributed by atoms with E-state index in [4.69, 9.17) is 9.15 Å². The summed E-state index contributed by atoms with van der Waals surface area (Å²) in [5, 5.41) is 0. The number of methoxy groups -OCH3 is 1. The second-order valence-electron chi connectivity index (χ2n) is 5.00. The first-order valence-corrected chi connectivity index (χ1v) is 8.26.